The van der Waals surface area contributed by atoms with E-state index >= 15 is 0 Å². The van der Waals surface area contributed by atoms with Gasteiger partial charge < -0.3 is 4.57 Å². The van der Waals surface area contributed by atoms with Crippen LogP contribution in [0.2, 0.25) is 0 Å². The fourth-order valence-corrected chi connectivity index (χ4v) is 7.85. The number of nitrogens with zero attached hydrogens (tertiary/aromatic N) is 1. The average molecular weight is 526 g/mol. The molecule has 40 heavy (non-hydrogen) atoms. The number of hydrogen-bond acceptors (Lipinski definition) is 1. The first-order valence-electron chi connectivity index (χ1n) is 13.7. The van der Waals surface area contributed by atoms with Gasteiger partial charge in [0.25, 0.3) is 0 Å². The van der Waals surface area contributed by atoms with E-state index in [1.54, 1.807) is 0 Å². The zero-order chi connectivity index (χ0) is 26.2. The highest BCUT2D eigenvalue weighted by Gasteiger charge is 2.21. The summed E-state index contributed by atoms with van der Waals surface area (Å²) in [6.07, 6.45) is 0. The molecule has 0 aliphatic rings. The molecule has 0 saturated heterocycles. The largest absolute Gasteiger partial charge is 0.308 e. The summed E-state index contributed by atoms with van der Waals surface area (Å²) in [4.78, 5) is 0. The summed E-state index contributed by atoms with van der Waals surface area (Å²) in [5.74, 6) is 0. The van der Waals surface area contributed by atoms with Crippen LogP contribution in [0.3, 0.4) is 0 Å². The number of fused-ring (bicyclic) bond motifs is 11. The number of para-hydroxylation sites is 1. The van der Waals surface area contributed by atoms with Crippen molar-refractivity contribution in [3.63, 3.8) is 0 Å². The second-order valence-corrected chi connectivity index (χ2v) is 11.6. The predicted molar refractivity (Wildman–Crippen MR) is 174 cm³/mol. The van der Waals surface area contributed by atoms with Crippen LogP contribution >= 0.6 is 11.3 Å². The highest BCUT2D eigenvalue weighted by molar-refractivity contribution is 7.27. The third-order valence-corrected chi connectivity index (χ3v) is 9.52. The van der Waals surface area contributed by atoms with Crippen molar-refractivity contribution in [2.24, 2.45) is 0 Å². The Morgan fingerprint density at radius 2 is 1.12 bits per heavy atom. The molecule has 0 bridgehead atoms. The highest BCUT2D eigenvalue weighted by Crippen LogP contribution is 2.47. The maximum atomic E-state index is 2.50. The van der Waals surface area contributed by atoms with E-state index < -0.39 is 0 Å². The molecule has 2 aromatic heterocycles. The quantitative estimate of drug-likeness (QED) is 0.211. The second-order valence-electron chi connectivity index (χ2n) is 10.5. The van der Waals surface area contributed by atoms with E-state index in [4.69, 9.17) is 0 Å². The topological polar surface area (TPSA) is 4.93 Å². The molecule has 2 heterocycles. The van der Waals surface area contributed by atoms with Crippen molar-refractivity contribution in [3.05, 3.63) is 140 Å². The van der Waals surface area contributed by atoms with Gasteiger partial charge >= 0.3 is 0 Å². The van der Waals surface area contributed by atoms with Gasteiger partial charge in [-0.1, -0.05) is 109 Å². The predicted octanol–water partition coefficient (Wildman–Crippen LogP) is 11.1. The number of benzene rings is 7. The van der Waals surface area contributed by atoms with Gasteiger partial charge in [-0.3, -0.25) is 0 Å². The smallest absolute Gasteiger partial charge is 0.0726 e. The van der Waals surface area contributed by atoms with Crippen LogP contribution in [-0.2, 0) is 0 Å². The van der Waals surface area contributed by atoms with Crippen LogP contribution in [-0.4, -0.2) is 4.57 Å². The minimum atomic E-state index is 1.19. The lowest BCUT2D eigenvalue weighted by Crippen LogP contribution is -1.94. The monoisotopic (exact) mass is 525 g/mol. The van der Waals surface area contributed by atoms with Crippen LogP contribution in [0.5, 0.6) is 0 Å². The van der Waals surface area contributed by atoms with Crippen LogP contribution in [0, 0.1) is 0 Å². The first-order valence-corrected chi connectivity index (χ1v) is 14.5. The van der Waals surface area contributed by atoms with Crippen molar-refractivity contribution in [1.82, 2.24) is 4.57 Å². The average Bonchev–Trinajstić information content (AvgIpc) is 3.58. The maximum Gasteiger partial charge on any atom is 0.0726 e. The first-order chi connectivity index (χ1) is 19.8. The Hall–Kier alpha value is -4.92. The molecule has 186 valence electrons. The molecule has 0 aliphatic heterocycles. The Labute approximate surface area is 235 Å². The molecule has 0 unspecified atom stereocenters. The summed E-state index contributed by atoms with van der Waals surface area (Å²) >= 11 is 1.91. The molecule has 0 spiro atoms. The Morgan fingerprint density at radius 1 is 0.450 bits per heavy atom. The van der Waals surface area contributed by atoms with Crippen LogP contribution in [0.25, 0.3) is 80.3 Å². The minimum Gasteiger partial charge on any atom is -0.308 e. The third kappa shape index (κ3) is 3.03. The highest BCUT2D eigenvalue weighted by atomic mass is 32.1. The van der Waals surface area contributed by atoms with E-state index in [0.29, 0.717) is 0 Å². The Balaban J connectivity index is 1.43. The molecule has 0 saturated carbocycles. The summed E-state index contributed by atoms with van der Waals surface area (Å²) in [5.41, 5.74) is 6.18. The fourth-order valence-electron chi connectivity index (χ4n) is 6.59. The molecule has 7 aromatic carbocycles. The first kappa shape index (κ1) is 22.0. The molecule has 2 heteroatoms. The SMILES string of the molecule is c1cc(-c2ccc3ccccc3c2)cc(-n2c3ccccc3c3c4ccccc4c4c5ccccc5sc4c32)c1. The van der Waals surface area contributed by atoms with Gasteiger partial charge in [0, 0.05) is 31.9 Å². The molecule has 0 aliphatic carbocycles. The Bertz CT molecular complexity index is 2440. The van der Waals surface area contributed by atoms with E-state index in [1.165, 1.54) is 80.3 Å². The van der Waals surface area contributed by atoms with Gasteiger partial charge in [-0.2, -0.15) is 0 Å². The maximum absolute atomic E-state index is 2.50. The van der Waals surface area contributed by atoms with Crippen molar-refractivity contribution in [3.8, 4) is 16.8 Å². The van der Waals surface area contributed by atoms with E-state index in [0.717, 1.165) is 0 Å². The van der Waals surface area contributed by atoms with Crippen LogP contribution in [0.15, 0.2) is 140 Å². The van der Waals surface area contributed by atoms with Crippen LogP contribution < -0.4 is 0 Å². The normalized spacial score (nSPS) is 12.0. The van der Waals surface area contributed by atoms with Crippen LogP contribution in [0.4, 0.5) is 0 Å². The van der Waals surface area contributed by atoms with Crippen molar-refractivity contribution in [1.29, 1.82) is 0 Å². The Morgan fingerprint density at radius 3 is 2.00 bits per heavy atom. The molecule has 1 nitrogen and oxygen atoms in total. The van der Waals surface area contributed by atoms with E-state index in [2.05, 4.69) is 144 Å². The molecular weight excluding hydrogens is 502 g/mol. The van der Waals surface area contributed by atoms with Gasteiger partial charge in [0.15, 0.2) is 0 Å². The molecular formula is C38H23NS. The number of thiophene rings is 1. The lowest BCUT2D eigenvalue weighted by molar-refractivity contribution is 1.19. The van der Waals surface area contributed by atoms with Crippen LogP contribution in [0.1, 0.15) is 0 Å². The van der Waals surface area contributed by atoms with Gasteiger partial charge in [-0.05, 0) is 63.0 Å². The van der Waals surface area contributed by atoms with Gasteiger partial charge in [-0.25, -0.2) is 0 Å². The van der Waals surface area contributed by atoms with Crippen molar-refractivity contribution >= 4 is 74.9 Å². The van der Waals surface area contributed by atoms with E-state index in [-0.39, 0.29) is 0 Å². The molecule has 9 rings (SSSR count). The van der Waals surface area contributed by atoms with Gasteiger partial charge in [0.2, 0.25) is 0 Å². The van der Waals surface area contributed by atoms with Crippen molar-refractivity contribution in [2.75, 3.05) is 0 Å². The molecule has 9 aromatic rings. The molecule has 0 N–H and O–H groups in total. The number of rotatable bonds is 2. The lowest BCUT2D eigenvalue weighted by atomic mass is 9.99. The summed E-state index contributed by atoms with van der Waals surface area (Å²) in [6, 6.07) is 51.1. The fraction of sp³-hybridized carbons (Fsp3) is 0. The summed E-state index contributed by atoms with van der Waals surface area (Å²) in [5, 5.41) is 10.5. The van der Waals surface area contributed by atoms with Gasteiger partial charge in [0.1, 0.15) is 0 Å². The van der Waals surface area contributed by atoms with E-state index in [9.17, 15) is 0 Å². The zero-order valence-corrected chi connectivity index (χ0v) is 22.5. The standard InChI is InChI=1S/C38H23NS/c1-2-11-25-22-27(21-20-24(25)10-1)26-12-9-13-28(23-26)39-33-18-7-5-16-31(33)35-29-14-3-4-15-30(29)36-32-17-6-8-19-34(32)40-38(36)37(35)39/h1-23H. The van der Waals surface area contributed by atoms with Gasteiger partial charge in [-0.15, -0.1) is 11.3 Å². The number of hydrogen-bond donors (Lipinski definition) is 0. The summed E-state index contributed by atoms with van der Waals surface area (Å²) in [6.45, 7) is 0. The molecule has 0 atom stereocenters. The second kappa shape index (κ2) is 8.29. The minimum absolute atomic E-state index is 1.19. The zero-order valence-electron chi connectivity index (χ0n) is 21.6. The summed E-state index contributed by atoms with van der Waals surface area (Å²) in [7, 11) is 0. The molecule has 0 fully saturated rings. The van der Waals surface area contributed by atoms with Crippen molar-refractivity contribution in [2.45, 2.75) is 0 Å². The lowest BCUT2D eigenvalue weighted by Gasteiger charge is -2.12. The van der Waals surface area contributed by atoms with E-state index in [1.807, 2.05) is 11.3 Å². The number of aromatic nitrogens is 1. The molecule has 0 amide bonds. The Kier molecular flexibility index (Phi) is 4.55. The third-order valence-electron chi connectivity index (χ3n) is 8.34. The van der Waals surface area contributed by atoms with Gasteiger partial charge in [0.05, 0.1) is 15.7 Å². The summed E-state index contributed by atoms with van der Waals surface area (Å²) < 4.78 is 5.18. The van der Waals surface area contributed by atoms with Crippen molar-refractivity contribution < 1.29 is 0 Å². The molecule has 0 radical (unpaired) electrons.